The number of carbonyl (C=O) groups is 2. The molecular formula is C14H19NO3S2. The molecule has 6 heteroatoms. The average Bonchev–Trinajstić information content (AvgIpc) is 2.95. The Labute approximate surface area is 127 Å². The van der Waals surface area contributed by atoms with Crippen LogP contribution in [0.2, 0.25) is 0 Å². The molecule has 2 rings (SSSR count). The number of aliphatic carboxylic acids is 1. The number of carbonyl (C=O) groups excluding carboxylic acids is 1. The van der Waals surface area contributed by atoms with Crippen molar-refractivity contribution in [1.82, 2.24) is 4.90 Å². The summed E-state index contributed by atoms with van der Waals surface area (Å²) in [6, 6.07) is 3.10. The van der Waals surface area contributed by atoms with Crippen LogP contribution in [0.15, 0.2) is 17.5 Å². The molecule has 0 aromatic carbocycles. The van der Waals surface area contributed by atoms with Crippen molar-refractivity contribution in [3.63, 3.8) is 0 Å². The van der Waals surface area contributed by atoms with E-state index in [2.05, 4.69) is 0 Å². The molecule has 2 unspecified atom stereocenters. The highest BCUT2D eigenvalue weighted by Crippen LogP contribution is 2.40. The van der Waals surface area contributed by atoms with Gasteiger partial charge in [-0.25, -0.2) is 4.79 Å². The Morgan fingerprint density at radius 3 is 2.65 bits per heavy atom. The lowest BCUT2D eigenvalue weighted by atomic mass is 9.94. The lowest BCUT2D eigenvalue weighted by Gasteiger charge is -2.35. The van der Waals surface area contributed by atoms with Crippen molar-refractivity contribution in [1.29, 1.82) is 0 Å². The second-order valence-corrected chi connectivity index (χ2v) is 8.11. The summed E-state index contributed by atoms with van der Waals surface area (Å²) in [6.45, 7) is 6.13. The van der Waals surface area contributed by atoms with Gasteiger partial charge in [-0.15, -0.1) is 23.1 Å². The SMILES string of the molecule is CC(C)(C)C1SCC(C(=O)O)N1C(=O)Cc1cccs1. The molecule has 1 aliphatic rings. The van der Waals surface area contributed by atoms with Gasteiger partial charge in [0.1, 0.15) is 6.04 Å². The summed E-state index contributed by atoms with van der Waals surface area (Å²) in [5.74, 6) is -0.540. The van der Waals surface area contributed by atoms with Crippen LogP contribution in [0.5, 0.6) is 0 Å². The first kappa shape index (κ1) is 15.4. The lowest BCUT2D eigenvalue weighted by Crippen LogP contribution is -2.50. The normalized spacial score (nSPS) is 23.1. The van der Waals surface area contributed by atoms with E-state index >= 15 is 0 Å². The summed E-state index contributed by atoms with van der Waals surface area (Å²) in [6.07, 6.45) is 0.286. The minimum atomic E-state index is -0.913. The molecule has 4 nitrogen and oxygen atoms in total. The van der Waals surface area contributed by atoms with Gasteiger partial charge < -0.3 is 10.0 Å². The van der Waals surface area contributed by atoms with E-state index in [1.54, 1.807) is 16.7 Å². The van der Waals surface area contributed by atoms with Gasteiger partial charge in [0.25, 0.3) is 0 Å². The van der Waals surface area contributed by atoms with Crippen LogP contribution in [0.1, 0.15) is 25.6 Å². The van der Waals surface area contributed by atoms with Crippen LogP contribution in [0, 0.1) is 5.41 Å². The third-order valence-corrected chi connectivity index (χ3v) is 5.85. The molecular weight excluding hydrogens is 294 g/mol. The summed E-state index contributed by atoms with van der Waals surface area (Å²) >= 11 is 3.09. The number of rotatable bonds is 3. The third-order valence-electron chi connectivity index (χ3n) is 3.22. The van der Waals surface area contributed by atoms with Gasteiger partial charge in [-0.05, 0) is 16.9 Å². The van der Waals surface area contributed by atoms with Gasteiger partial charge >= 0.3 is 5.97 Å². The zero-order valence-corrected chi connectivity index (χ0v) is 13.5. The van der Waals surface area contributed by atoms with Crippen LogP contribution in [0.4, 0.5) is 0 Å². The smallest absolute Gasteiger partial charge is 0.327 e. The van der Waals surface area contributed by atoms with Crippen molar-refractivity contribution in [2.45, 2.75) is 38.6 Å². The van der Waals surface area contributed by atoms with E-state index in [0.717, 1.165) is 4.88 Å². The summed E-state index contributed by atoms with van der Waals surface area (Å²) < 4.78 is 0. The van der Waals surface area contributed by atoms with Crippen molar-refractivity contribution >= 4 is 35.0 Å². The Balaban J connectivity index is 2.21. The molecule has 1 aromatic rings. The molecule has 1 aliphatic heterocycles. The van der Waals surface area contributed by atoms with E-state index in [1.807, 2.05) is 38.3 Å². The fourth-order valence-corrected chi connectivity index (χ4v) is 4.61. The molecule has 2 atom stereocenters. The van der Waals surface area contributed by atoms with Crippen LogP contribution >= 0.6 is 23.1 Å². The molecule has 1 amide bonds. The van der Waals surface area contributed by atoms with Crippen LogP contribution in [0.3, 0.4) is 0 Å². The van der Waals surface area contributed by atoms with Gasteiger partial charge in [0.15, 0.2) is 0 Å². The Morgan fingerprint density at radius 1 is 1.45 bits per heavy atom. The van der Waals surface area contributed by atoms with Crippen LogP contribution in [-0.2, 0) is 16.0 Å². The van der Waals surface area contributed by atoms with Gasteiger partial charge in [0, 0.05) is 10.6 Å². The van der Waals surface area contributed by atoms with Crippen molar-refractivity contribution in [2.75, 3.05) is 5.75 Å². The Morgan fingerprint density at radius 2 is 2.15 bits per heavy atom. The standard InChI is InChI=1S/C14H19NO3S2/c1-14(2,3)13-15(10(8-20-13)12(17)18)11(16)7-9-5-4-6-19-9/h4-6,10,13H,7-8H2,1-3H3,(H,17,18). The van der Waals surface area contributed by atoms with Crippen LogP contribution < -0.4 is 0 Å². The molecule has 0 spiro atoms. The van der Waals surface area contributed by atoms with E-state index in [0.29, 0.717) is 5.75 Å². The van der Waals surface area contributed by atoms with E-state index < -0.39 is 12.0 Å². The first-order chi connectivity index (χ1) is 9.30. The van der Waals surface area contributed by atoms with E-state index in [4.69, 9.17) is 0 Å². The molecule has 1 N–H and O–H groups in total. The zero-order chi connectivity index (χ0) is 14.9. The lowest BCUT2D eigenvalue weighted by molar-refractivity contribution is -0.150. The maximum atomic E-state index is 12.5. The predicted molar refractivity (Wildman–Crippen MR) is 82.0 cm³/mol. The van der Waals surface area contributed by atoms with Gasteiger partial charge in [-0.2, -0.15) is 0 Å². The zero-order valence-electron chi connectivity index (χ0n) is 11.8. The highest BCUT2D eigenvalue weighted by molar-refractivity contribution is 8.00. The highest BCUT2D eigenvalue weighted by atomic mass is 32.2. The maximum absolute atomic E-state index is 12.5. The molecule has 0 aliphatic carbocycles. The predicted octanol–water partition coefficient (Wildman–Crippen LogP) is 2.69. The number of nitrogens with zero attached hydrogens (tertiary/aromatic N) is 1. The number of carboxylic acids is 1. The Hall–Kier alpha value is -1.01. The highest BCUT2D eigenvalue weighted by Gasteiger charge is 2.46. The van der Waals surface area contributed by atoms with E-state index in [9.17, 15) is 14.7 Å². The number of hydrogen-bond donors (Lipinski definition) is 1. The van der Waals surface area contributed by atoms with Crippen molar-refractivity contribution in [3.05, 3.63) is 22.4 Å². The Bertz CT molecular complexity index is 493. The first-order valence-electron chi connectivity index (χ1n) is 6.48. The number of carboxylic acid groups (broad SMARTS) is 1. The molecule has 20 heavy (non-hydrogen) atoms. The van der Waals surface area contributed by atoms with Crippen LogP contribution in [0.25, 0.3) is 0 Å². The molecule has 0 saturated carbocycles. The van der Waals surface area contributed by atoms with Gasteiger partial charge in [-0.3, -0.25) is 4.79 Å². The van der Waals surface area contributed by atoms with Crippen LogP contribution in [-0.4, -0.2) is 39.1 Å². The summed E-state index contributed by atoms with van der Waals surface area (Å²) in [7, 11) is 0. The first-order valence-corrected chi connectivity index (χ1v) is 8.41. The van der Waals surface area contributed by atoms with Gasteiger partial charge in [0.2, 0.25) is 5.91 Å². The van der Waals surface area contributed by atoms with E-state index in [-0.39, 0.29) is 23.1 Å². The number of thiophene rings is 1. The summed E-state index contributed by atoms with van der Waals surface area (Å²) in [5, 5.41) is 11.2. The van der Waals surface area contributed by atoms with Gasteiger partial charge in [0.05, 0.1) is 11.8 Å². The summed E-state index contributed by atoms with van der Waals surface area (Å²) in [5.41, 5.74) is -0.139. The van der Waals surface area contributed by atoms with Gasteiger partial charge in [-0.1, -0.05) is 26.8 Å². The fraction of sp³-hybridized carbons (Fsp3) is 0.571. The molecule has 0 radical (unpaired) electrons. The topological polar surface area (TPSA) is 57.6 Å². The molecule has 1 fully saturated rings. The number of amides is 1. The monoisotopic (exact) mass is 313 g/mol. The third kappa shape index (κ3) is 3.17. The quantitative estimate of drug-likeness (QED) is 0.932. The number of thioether (sulfide) groups is 1. The minimum Gasteiger partial charge on any atom is -0.480 e. The molecule has 110 valence electrons. The van der Waals surface area contributed by atoms with E-state index in [1.165, 1.54) is 11.3 Å². The second-order valence-electron chi connectivity index (χ2n) is 5.96. The molecule has 0 bridgehead atoms. The summed E-state index contributed by atoms with van der Waals surface area (Å²) in [4.78, 5) is 26.5. The Kier molecular flexibility index (Phi) is 4.44. The molecule has 2 heterocycles. The average molecular weight is 313 g/mol. The van der Waals surface area contributed by atoms with Crippen molar-refractivity contribution in [3.8, 4) is 0 Å². The molecule has 1 saturated heterocycles. The van der Waals surface area contributed by atoms with Crippen molar-refractivity contribution < 1.29 is 14.7 Å². The second kappa shape index (κ2) is 5.77. The molecule has 1 aromatic heterocycles. The largest absolute Gasteiger partial charge is 0.480 e. The maximum Gasteiger partial charge on any atom is 0.327 e. The minimum absolute atomic E-state index is 0.0870. The number of hydrogen-bond acceptors (Lipinski definition) is 4. The fourth-order valence-electron chi connectivity index (χ4n) is 2.32. The van der Waals surface area contributed by atoms with Crippen molar-refractivity contribution in [2.24, 2.45) is 5.41 Å².